The second-order valence-corrected chi connectivity index (χ2v) is 4.74. The number of nitrogens with one attached hydrogen (secondary N) is 1. The molecule has 23 heavy (non-hydrogen) atoms. The Morgan fingerprint density at radius 3 is 2.78 bits per heavy atom. The summed E-state index contributed by atoms with van der Waals surface area (Å²) in [5.41, 5.74) is 0.659. The van der Waals surface area contributed by atoms with Crippen molar-refractivity contribution in [2.45, 2.75) is 27.2 Å². The van der Waals surface area contributed by atoms with Crippen LogP contribution in [0.15, 0.2) is 22.7 Å². The molecule has 0 saturated heterocycles. The highest BCUT2D eigenvalue weighted by molar-refractivity contribution is 6.06. The number of hydrogen-bond acceptors (Lipinski definition) is 6. The van der Waals surface area contributed by atoms with E-state index in [9.17, 15) is 14.9 Å². The fraction of sp³-hybridized carbons (Fsp3) is 0.333. The molecule has 0 radical (unpaired) electrons. The van der Waals surface area contributed by atoms with Crippen LogP contribution in [0, 0.1) is 17.0 Å². The molecule has 8 heteroatoms. The van der Waals surface area contributed by atoms with Gasteiger partial charge in [0.25, 0.3) is 11.6 Å². The van der Waals surface area contributed by atoms with Crippen LogP contribution >= 0.6 is 0 Å². The number of nitro groups is 1. The van der Waals surface area contributed by atoms with Gasteiger partial charge in [-0.2, -0.15) is 0 Å². The molecule has 0 aliphatic heterocycles. The predicted molar refractivity (Wildman–Crippen MR) is 82.8 cm³/mol. The van der Waals surface area contributed by atoms with Gasteiger partial charge in [-0.25, -0.2) is 0 Å². The molecule has 1 aromatic carbocycles. The Bertz CT molecular complexity index is 739. The molecule has 1 N–H and O–H groups in total. The Morgan fingerprint density at radius 1 is 1.43 bits per heavy atom. The zero-order valence-electron chi connectivity index (χ0n) is 13.1. The summed E-state index contributed by atoms with van der Waals surface area (Å²) >= 11 is 0. The topological polar surface area (TPSA) is 108 Å². The lowest BCUT2D eigenvalue weighted by atomic mass is 10.1. The van der Waals surface area contributed by atoms with Crippen molar-refractivity contribution >= 4 is 17.3 Å². The van der Waals surface area contributed by atoms with Crippen molar-refractivity contribution in [2.75, 3.05) is 11.9 Å². The maximum atomic E-state index is 12.4. The SMILES string of the molecule is CCOc1ccc(NC(=O)c2c(CC)noc2C)c([N+](=O)[O-])c1. The zero-order chi connectivity index (χ0) is 17.0. The molecule has 1 heterocycles. The fourth-order valence-corrected chi connectivity index (χ4v) is 2.16. The number of hydrogen-bond donors (Lipinski definition) is 1. The summed E-state index contributed by atoms with van der Waals surface area (Å²) in [7, 11) is 0. The van der Waals surface area contributed by atoms with Crippen LogP contribution in [0.2, 0.25) is 0 Å². The number of nitro benzene ring substituents is 1. The molecule has 2 rings (SSSR count). The van der Waals surface area contributed by atoms with Crippen LogP contribution in [0.25, 0.3) is 0 Å². The van der Waals surface area contributed by atoms with Gasteiger partial charge in [0.05, 0.1) is 23.3 Å². The highest BCUT2D eigenvalue weighted by atomic mass is 16.6. The maximum Gasteiger partial charge on any atom is 0.296 e. The van der Waals surface area contributed by atoms with Crippen molar-refractivity contribution < 1.29 is 19.0 Å². The first-order chi connectivity index (χ1) is 11.0. The molecule has 0 aliphatic rings. The van der Waals surface area contributed by atoms with Crippen molar-refractivity contribution in [3.8, 4) is 5.75 Å². The third kappa shape index (κ3) is 3.47. The molecular formula is C15H17N3O5. The van der Waals surface area contributed by atoms with Gasteiger partial charge in [0, 0.05) is 0 Å². The standard InChI is InChI=1S/C15H17N3O5/c1-4-11-14(9(3)23-17-11)15(19)16-12-7-6-10(22-5-2)8-13(12)18(20)21/h6-8H,4-5H2,1-3H3,(H,16,19). The number of carbonyl (C=O) groups is 1. The average Bonchev–Trinajstić information content (AvgIpc) is 2.89. The second-order valence-electron chi connectivity index (χ2n) is 4.74. The van der Waals surface area contributed by atoms with Gasteiger partial charge < -0.3 is 14.6 Å². The van der Waals surface area contributed by atoms with E-state index in [0.29, 0.717) is 35.8 Å². The Balaban J connectivity index is 2.33. The van der Waals surface area contributed by atoms with Crippen LogP contribution < -0.4 is 10.1 Å². The fourth-order valence-electron chi connectivity index (χ4n) is 2.16. The van der Waals surface area contributed by atoms with Crippen molar-refractivity contribution in [2.24, 2.45) is 0 Å². The van der Waals surface area contributed by atoms with E-state index in [1.165, 1.54) is 12.1 Å². The largest absolute Gasteiger partial charge is 0.494 e. The third-order valence-corrected chi connectivity index (χ3v) is 3.22. The lowest BCUT2D eigenvalue weighted by Gasteiger charge is -2.08. The van der Waals surface area contributed by atoms with Gasteiger partial charge in [0.2, 0.25) is 0 Å². The molecule has 0 fully saturated rings. The van der Waals surface area contributed by atoms with E-state index in [2.05, 4.69) is 10.5 Å². The molecular weight excluding hydrogens is 302 g/mol. The van der Waals surface area contributed by atoms with Gasteiger partial charge >= 0.3 is 0 Å². The minimum atomic E-state index is -0.570. The number of nitrogens with zero attached hydrogens (tertiary/aromatic N) is 2. The summed E-state index contributed by atoms with van der Waals surface area (Å²) in [6.45, 7) is 5.63. The molecule has 122 valence electrons. The first kappa shape index (κ1) is 16.5. The van der Waals surface area contributed by atoms with Crippen molar-refractivity contribution in [1.82, 2.24) is 5.16 Å². The summed E-state index contributed by atoms with van der Waals surface area (Å²) in [6, 6.07) is 4.28. The Labute approximate surface area is 132 Å². The molecule has 2 aromatic rings. The molecule has 1 amide bonds. The summed E-state index contributed by atoms with van der Waals surface area (Å²) in [5.74, 6) is 0.244. The lowest BCUT2D eigenvalue weighted by Crippen LogP contribution is -2.15. The predicted octanol–water partition coefficient (Wildman–Crippen LogP) is 3.10. The second kappa shape index (κ2) is 6.91. The highest BCUT2D eigenvalue weighted by Gasteiger charge is 2.23. The molecule has 0 atom stereocenters. The smallest absolute Gasteiger partial charge is 0.296 e. The van der Waals surface area contributed by atoms with E-state index in [0.717, 1.165) is 0 Å². The van der Waals surface area contributed by atoms with Gasteiger partial charge in [0.15, 0.2) is 0 Å². The average molecular weight is 319 g/mol. The monoisotopic (exact) mass is 319 g/mol. The van der Waals surface area contributed by atoms with Gasteiger partial charge in [-0.15, -0.1) is 0 Å². The number of benzene rings is 1. The van der Waals surface area contributed by atoms with E-state index in [1.807, 2.05) is 6.92 Å². The van der Waals surface area contributed by atoms with Crippen LogP contribution in [0.5, 0.6) is 5.75 Å². The summed E-state index contributed by atoms with van der Waals surface area (Å²) in [4.78, 5) is 23.0. The van der Waals surface area contributed by atoms with Crippen LogP contribution in [-0.2, 0) is 6.42 Å². The normalized spacial score (nSPS) is 10.4. The van der Waals surface area contributed by atoms with Gasteiger partial charge in [0.1, 0.15) is 22.8 Å². The third-order valence-electron chi connectivity index (χ3n) is 3.22. The molecule has 8 nitrogen and oxygen atoms in total. The number of anilines is 1. The van der Waals surface area contributed by atoms with Crippen LogP contribution in [0.4, 0.5) is 11.4 Å². The Morgan fingerprint density at radius 2 is 2.17 bits per heavy atom. The minimum absolute atomic E-state index is 0.0890. The Kier molecular flexibility index (Phi) is 4.95. The quantitative estimate of drug-likeness (QED) is 0.647. The number of aryl methyl sites for hydroxylation is 2. The summed E-state index contributed by atoms with van der Waals surface area (Å²) in [6.07, 6.45) is 0.519. The molecule has 0 aliphatic carbocycles. The number of amides is 1. The zero-order valence-corrected chi connectivity index (χ0v) is 13.1. The van der Waals surface area contributed by atoms with E-state index in [1.54, 1.807) is 19.9 Å². The van der Waals surface area contributed by atoms with Crippen molar-refractivity contribution in [3.05, 3.63) is 45.3 Å². The minimum Gasteiger partial charge on any atom is -0.494 e. The van der Waals surface area contributed by atoms with Gasteiger partial charge in [-0.3, -0.25) is 14.9 Å². The molecule has 1 aromatic heterocycles. The molecule has 0 saturated carbocycles. The number of ether oxygens (including phenoxy) is 1. The number of carbonyl (C=O) groups excluding carboxylic acids is 1. The van der Waals surface area contributed by atoms with E-state index >= 15 is 0 Å². The highest BCUT2D eigenvalue weighted by Crippen LogP contribution is 2.30. The van der Waals surface area contributed by atoms with Crippen LogP contribution in [-0.4, -0.2) is 22.6 Å². The summed E-state index contributed by atoms with van der Waals surface area (Å²) in [5, 5.41) is 17.6. The Hall–Kier alpha value is -2.90. The van der Waals surface area contributed by atoms with Gasteiger partial charge in [-0.05, 0) is 32.4 Å². The molecule has 0 spiro atoms. The van der Waals surface area contributed by atoms with Crippen molar-refractivity contribution in [3.63, 3.8) is 0 Å². The number of rotatable bonds is 6. The summed E-state index contributed by atoms with van der Waals surface area (Å²) < 4.78 is 10.3. The van der Waals surface area contributed by atoms with Crippen molar-refractivity contribution in [1.29, 1.82) is 0 Å². The van der Waals surface area contributed by atoms with Crippen LogP contribution in [0.1, 0.15) is 35.7 Å². The number of aromatic nitrogens is 1. The first-order valence-electron chi connectivity index (χ1n) is 7.15. The molecule has 0 unspecified atom stereocenters. The molecule has 0 bridgehead atoms. The van der Waals surface area contributed by atoms with E-state index in [-0.39, 0.29) is 11.4 Å². The lowest BCUT2D eigenvalue weighted by molar-refractivity contribution is -0.384. The van der Waals surface area contributed by atoms with Gasteiger partial charge in [-0.1, -0.05) is 12.1 Å². The van der Waals surface area contributed by atoms with Crippen LogP contribution in [0.3, 0.4) is 0 Å². The first-order valence-corrected chi connectivity index (χ1v) is 7.15. The van der Waals surface area contributed by atoms with E-state index < -0.39 is 10.8 Å². The maximum absolute atomic E-state index is 12.4. The van der Waals surface area contributed by atoms with E-state index in [4.69, 9.17) is 9.26 Å².